The first-order valence-electron chi connectivity index (χ1n) is 17.0. The monoisotopic (exact) mass is 580 g/mol. The molecule has 3 aliphatic heterocycles. The fourth-order valence-electron chi connectivity index (χ4n) is 7.14. The lowest BCUT2D eigenvalue weighted by Crippen LogP contribution is -2.36. The highest BCUT2D eigenvalue weighted by Crippen LogP contribution is 2.30. The van der Waals surface area contributed by atoms with Crippen LogP contribution in [0.15, 0.2) is 48.8 Å². The summed E-state index contributed by atoms with van der Waals surface area (Å²) in [6, 6.07) is 13.8. The highest BCUT2D eigenvalue weighted by Gasteiger charge is 2.25. The van der Waals surface area contributed by atoms with Gasteiger partial charge in [0.25, 0.3) is 0 Å². The Morgan fingerprint density at radius 1 is 0.698 bits per heavy atom. The molecule has 0 aliphatic carbocycles. The molecular weight excluding hydrogens is 528 g/mol. The molecule has 6 heterocycles. The quantitative estimate of drug-likeness (QED) is 0.227. The van der Waals surface area contributed by atoms with Gasteiger partial charge in [-0.25, -0.2) is 4.98 Å². The average molecular weight is 581 g/mol. The summed E-state index contributed by atoms with van der Waals surface area (Å²) >= 11 is 0. The fraction of sp³-hybridized carbons (Fsp3) is 0.595. The number of likely N-dealkylation sites (tertiary alicyclic amines) is 2. The maximum atomic E-state index is 5.01. The SMILES string of the molecule is CC(C)c1cc(CC(C)c2ccc(CN3CCC(CC(C)c4ccc(CN5CCC5)cn4)C3)cn2)cc(N2CCCC2)n1. The summed E-state index contributed by atoms with van der Waals surface area (Å²) in [4.78, 5) is 22.4. The van der Waals surface area contributed by atoms with Crippen LogP contribution in [0.5, 0.6) is 0 Å². The molecule has 43 heavy (non-hydrogen) atoms. The number of nitrogens with zero attached hydrogens (tertiary/aromatic N) is 6. The van der Waals surface area contributed by atoms with Gasteiger partial charge in [-0.05, 0) is 117 Å². The van der Waals surface area contributed by atoms with Gasteiger partial charge < -0.3 is 4.90 Å². The van der Waals surface area contributed by atoms with Crippen molar-refractivity contribution in [2.24, 2.45) is 5.92 Å². The minimum atomic E-state index is 0.374. The first-order chi connectivity index (χ1) is 20.9. The second-order valence-electron chi connectivity index (χ2n) is 14.1. The van der Waals surface area contributed by atoms with Crippen LogP contribution >= 0.6 is 0 Å². The third kappa shape index (κ3) is 7.82. The summed E-state index contributed by atoms with van der Waals surface area (Å²) in [5.74, 6) is 3.23. The molecule has 3 aromatic rings. The summed E-state index contributed by atoms with van der Waals surface area (Å²) < 4.78 is 0. The smallest absolute Gasteiger partial charge is 0.129 e. The van der Waals surface area contributed by atoms with Gasteiger partial charge in [0.05, 0.1) is 0 Å². The molecule has 0 N–H and O–H groups in total. The highest BCUT2D eigenvalue weighted by atomic mass is 15.2. The summed E-state index contributed by atoms with van der Waals surface area (Å²) in [5.41, 5.74) is 7.70. The number of hydrogen-bond acceptors (Lipinski definition) is 6. The lowest BCUT2D eigenvalue weighted by atomic mass is 9.92. The van der Waals surface area contributed by atoms with Crippen LogP contribution < -0.4 is 4.90 Å². The van der Waals surface area contributed by atoms with Crippen molar-refractivity contribution in [1.29, 1.82) is 0 Å². The van der Waals surface area contributed by atoms with Crippen molar-refractivity contribution in [2.75, 3.05) is 44.2 Å². The number of rotatable bonds is 12. The zero-order valence-electron chi connectivity index (χ0n) is 27.0. The number of anilines is 1. The lowest BCUT2D eigenvalue weighted by Gasteiger charge is -2.30. The van der Waals surface area contributed by atoms with Crippen LogP contribution in [0.3, 0.4) is 0 Å². The van der Waals surface area contributed by atoms with Gasteiger partial charge in [-0.3, -0.25) is 19.8 Å². The molecule has 0 amide bonds. The first kappa shape index (κ1) is 30.2. The molecular formula is C37H52N6. The van der Waals surface area contributed by atoms with Crippen molar-refractivity contribution in [3.63, 3.8) is 0 Å². The summed E-state index contributed by atoms with van der Waals surface area (Å²) in [6.07, 6.45) is 11.6. The zero-order valence-corrected chi connectivity index (χ0v) is 27.0. The second kappa shape index (κ2) is 13.9. The molecule has 3 fully saturated rings. The maximum absolute atomic E-state index is 5.01. The third-order valence-electron chi connectivity index (χ3n) is 9.98. The van der Waals surface area contributed by atoms with E-state index in [-0.39, 0.29) is 0 Å². The Morgan fingerprint density at radius 3 is 1.98 bits per heavy atom. The Labute approximate surface area is 259 Å². The third-order valence-corrected chi connectivity index (χ3v) is 9.98. The standard InChI is InChI=1S/C37H52N6/c1-27(2)36-20-33(21-37(40-36)43-15-5-6-16-43)19-29(4)35-11-9-32(23-39-35)26-42-17-12-30(24-42)18-28(3)34-10-8-31(22-38-34)25-41-13-7-14-41/h8-11,20-23,27-30H,5-7,12-19,24-26H2,1-4H3. The van der Waals surface area contributed by atoms with E-state index in [0.29, 0.717) is 17.8 Å². The van der Waals surface area contributed by atoms with E-state index in [9.17, 15) is 0 Å². The number of aromatic nitrogens is 3. The van der Waals surface area contributed by atoms with Crippen LogP contribution in [-0.4, -0.2) is 64.0 Å². The number of hydrogen-bond donors (Lipinski definition) is 0. The van der Waals surface area contributed by atoms with Crippen molar-refractivity contribution >= 4 is 5.82 Å². The van der Waals surface area contributed by atoms with Gasteiger partial charge in [-0.2, -0.15) is 0 Å². The van der Waals surface area contributed by atoms with Crippen molar-refractivity contribution in [1.82, 2.24) is 24.8 Å². The van der Waals surface area contributed by atoms with Gasteiger partial charge in [-0.1, -0.05) is 39.8 Å². The largest absolute Gasteiger partial charge is 0.357 e. The topological polar surface area (TPSA) is 48.4 Å². The predicted octanol–water partition coefficient (Wildman–Crippen LogP) is 7.16. The molecule has 230 valence electrons. The van der Waals surface area contributed by atoms with E-state index in [0.717, 1.165) is 38.5 Å². The van der Waals surface area contributed by atoms with Crippen LogP contribution in [-0.2, 0) is 19.5 Å². The molecule has 6 heteroatoms. The van der Waals surface area contributed by atoms with E-state index in [4.69, 9.17) is 15.0 Å². The van der Waals surface area contributed by atoms with E-state index < -0.39 is 0 Å². The second-order valence-corrected chi connectivity index (χ2v) is 14.1. The van der Waals surface area contributed by atoms with E-state index in [1.807, 2.05) is 0 Å². The van der Waals surface area contributed by atoms with E-state index in [1.165, 1.54) is 97.9 Å². The van der Waals surface area contributed by atoms with Gasteiger partial charge in [0, 0.05) is 68.1 Å². The Morgan fingerprint density at radius 2 is 1.37 bits per heavy atom. The number of pyridine rings is 3. The molecule has 3 aliphatic rings. The molecule has 6 rings (SSSR count). The van der Waals surface area contributed by atoms with Gasteiger partial charge in [0.15, 0.2) is 0 Å². The fourth-order valence-corrected chi connectivity index (χ4v) is 7.14. The molecule has 0 radical (unpaired) electrons. The molecule has 3 atom stereocenters. The molecule has 3 unspecified atom stereocenters. The molecule has 6 nitrogen and oxygen atoms in total. The van der Waals surface area contributed by atoms with Crippen LogP contribution in [0.4, 0.5) is 5.82 Å². The Bertz CT molecular complexity index is 1310. The molecule has 0 aromatic carbocycles. The lowest BCUT2D eigenvalue weighted by molar-refractivity contribution is 0.172. The molecule has 0 spiro atoms. The molecule has 3 saturated heterocycles. The van der Waals surface area contributed by atoms with Gasteiger partial charge in [0.2, 0.25) is 0 Å². The first-order valence-corrected chi connectivity index (χ1v) is 17.0. The molecule has 3 aromatic heterocycles. The zero-order chi connectivity index (χ0) is 29.8. The van der Waals surface area contributed by atoms with Crippen LogP contribution in [0.1, 0.15) is 111 Å². The van der Waals surface area contributed by atoms with Crippen molar-refractivity contribution in [3.8, 4) is 0 Å². The van der Waals surface area contributed by atoms with Gasteiger partial charge >= 0.3 is 0 Å². The summed E-state index contributed by atoms with van der Waals surface area (Å²) in [5, 5.41) is 0. The van der Waals surface area contributed by atoms with Crippen molar-refractivity contribution < 1.29 is 0 Å². The Kier molecular flexibility index (Phi) is 9.74. The van der Waals surface area contributed by atoms with E-state index >= 15 is 0 Å². The highest BCUT2D eigenvalue weighted by molar-refractivity contribution is 5.44. The van der Waals surface area contributed by atoms with Gasteiger partial charge in [-0.15, -0.1) is 0 Å². The van der Waals surface area contributed by atoms with Crippen LogP contribution in [0, 0.1) is 5.92 Å². The minimum Gasteiger partial charge on any atom is -0.357 e. The molecule has 0 bridgehead atoms. The van der Waals surface area contributed by atoms with Crippen LogP contribution in [0.2, 0.25) is 0 Å². The average Bonchev–Trinajstić information content (AvgIpc) is 3.68. The van der Waals surface area contributed by atoms with Crippen molar-refractivity contribution in [3.05, 3.63) is 82.6 Å². The summed E-state index contributed by atoms with van der Waals surface area (Å²) in [6.45, 7) is 18.3. The van der Waals surface area contributed by atoms with E-state index in [2.05, 4.69) is 91.2 Å². The Hall–Kier alpha value is -2.83. The minimum absolute atomic E-state index is 0.374. The maximum Gasteiger partial charge on any atom is 0.129 e. The normalized spacial score (nSPS) is 21.0. The van der Waals surface area contributed by atoms with Crippen LogP contribution in [0.25, 0.3) is 0 Å². The van der Waals surface area contributed by atoms with Gasteiger partial charge in [0.1, 0.15) is 5.82 Å². The van der Waals surface area contributed by atoms with Crippen molar-refractivity contribution in [2.45, 2.75) is 97.1 Å². The van der Waals surface area contributed by atoms with E-state index in [1.54, 1.807) is 0 Å². The molecule has 0 saturated carbocycles. The predicted molar refractivity (Wildman–Crippen MR) is 177 cm³/mol. The Balaban J connectivity index is 0.990. The summed E-state index contributed by atoms with van der Waals surface area (Å²) in [7, 11) is 0.